The van der Waals surface area contributed by atoms with Crippen molar-refractivity contribution in [2.24, 2.45) is 0 Å². The lowest BCUT2D eigenvalue weighted by atomic mass is 10.1. The van der Waals surface area contributed by atoms with Crippen molar-refractivity contribution in [2.75, 3.05) is 12.8 Å². The van der Waals surface area contributed by atoms with Crippen molar-refractivity contribution in [2.45, 2.75) is 0 Å². The Kier molecular flexibility index (Phi) is 2.72. The number of hydrogen-bond donors (Lipinski definition) is 1. The number of nitrogens with zero attached hydrogens (tertiary/aromatic N) is 1. The van der Waals surface area contributed by atoms with E-state index in [0.29, 0.717) is 11.3 Å². The van der Waals surface area contributed by atoms with Gasteiger partial charge in [-0.05, 0) is 12.1 Å². The van der Waals surface area contributed by atoms with Crippen molar-refractivity contribution >= 4 is 5.69 Å². The molecule has 0 bridgehead atoms. The fourth-order valence-corrected chi connectivity index (χ4v) is 1.47. The normalized spacial score (nSPS) is 10.1. The number of methoxy groups -OCH3 is 1. The van der Waals surface area contributed by atoms with Crippen LogP contribution in [0.1, 0.15) is 0 Å². The molecule has 0 atom stereocenters. The predicted octanol–water partition coefficient (Wildman–Crippen LogP) is 2.48. The molecule has 1 aromatic carbocycles. The van der Waals surface area contributed by atoms with Gasteiger partial charge in [0.25, 0.3) is 0 Å². The van der Waals surface area contributed by atoms with Gasteiger partial charge in [-0.25, -0.2) is 4.39 Å². The minimum absolute atomic E-state index is 0.123. The Bertz CT molecular complexity index is 514. The Morgan fingerprint density at radius 1 is 1.31 bits per heavy atom. The van der Waals surface area contributed by atoms with E-state index in [1.807, 2.05) is 0 Å². The van der Waals surface area contributed by atoms with Crippen LogP contribution in [-0.4, -0.2) is 12.1 Å². The van der Waals surface area contributed by atoms with Gasteiger partial charge in [-0.2, -0.15) is 0 Å². The molecule has 2 rings (SSSR count). The number of rotatable bonds is 2. The topological polar surface area (TPSA) is 48.1 Å². The molecule has 1 aromatic heterocycles. The number of ether oxygens (including phenoxy) is 1. The SMILES string of the molecule is COc1cncc(-c2cccc(F)c2N)c1. The molecule has 1 heterocycles. The quantitative estimate of drug-likeness (QED) is 0.788. The maximum atomic E-state index is 13.3. The molecule has 16 heavy (non-hydrogen) atoms. The number of nitrogens with two attached hydrogens (primary N) is 1. The van der Waals surface area contributed by atoms with E-state index < -0.39 is 5.82 Å². The van der Waals surface area contributed by atoms with E-state index in [2.05, 4.69) is 4.98 Å². The van der Waals surface area contributed by atoms with Crippen LogP contribution in [0.5, 0.6) is 5.75 Å². The van der Waals surface area contributed by atoms with Crippen molar-refractivity contribution < 1.29 is 9.13 Å². The van der Waals surface area contributed by atoms with Gasteiger partial charge in [-0.15, -0.1) is 0 Å². The van der Waals surface area contributed by atoms with Crippen LogP contribution in [-0.2, 0) is 0 Å². The van der Waals surface area contributed by atoms with Crippen LogP contribution in [0.3, 0.4) is 0 Å². The first-order chi connectivity index (χ1) is 7.72. The van der Waals surface area contributed by atoms with Crippen molar-refractivity contribution in [1.82, 2.24) is 4.98 Å². The van der Waals surface area contributed by atoms with Crippen LogP contribution in [0.4, 0.5) is 10.1 Å². The zero-order valence-electron chi connectivity index (χ0n) is 8.77. The molecule has 0 spiro atoms. The molecule has 0 saturated carbocycles. The Morgan fingerprint density at radius 2 is 2.12 bits per heavy atom. The fraction of sp³-hybridized carbons (Fsp3) is 0.0833. The molecule has 0 unspecified atom stereocenters. The van der Waals surface area contributed by atoms with E-state index >= 15 is 0 Å². The van der Waals surface area contributed by atoms with Crippen LogP contribution in [0.2, 0.25) is 0 Å². The molecule has 0 fully saturated rings. The summed E-state index contributed by atoms with van der Waals surface area (Å²) in [5.41, 5.74) is 7.14. The van der Waals surface area contributed by atoms with E-state index in [-0.39, 0.29) is 5.69 Å². The minimum atomic E-state index is -0.430. The zero-order valence-corrected chi connectivity index (χ0v) is 8.77. The van der Waals surface area contributed by atoms with Gasteiger partial charge in [0.05, 0.1) is 19.0 Å². The highest BCUT2D eigenvalue weighted by atomic mass is 19.1. The summed E-state index contributed by atoms with van der Waals surface area (Å²) in [5.74, 6) is 0.182. The second-order valence-corrected chi connectivity index (χ2v) is 3.31. The number of anilines is 1. The van der Waals surface area contributed by atoms with E-state index in [1.54, 1.807) is 37.7 Å². The van der Waals surface area contributed by atoms with E-state index in [4.69, 9.17) is 10.5 Å². The molecule has 4 heteroatoms. The number of para-hydroxylation sites is 1. The average Bonchev–Trinajstić information content (AvgIpc) is 2.33. The molecule has 0 aliphatic carbocycles. The number of benzene rings is 1. The third-order valence-corrected chi connectivity index (χ3v) is 2.31. The van der Waals surface area contributed by atoms with Crippen molar-refractivity contribution in [3.8, 4) is 16.9 Å². The molecule has 0 aliphatic heterocycles. The van der Waals surface area contributed by atoms with Gasteiger partial charge in [0.2, 0.25) is 0 Å². The highest BCUT2D eigenvalue weighted by Crippen LogP contribution is 2.29. The lowest BCUT2D eigenvalue weighted by Gasteiger charge is -2.07. The minimum Gasteiger partial charge on any atom is -0.495 e. The summed E-state index contributed by atoms with van der Waals surface area (Å²) < 4.78 is 18.3. The van der Waals surface area contributed by atoms with Gasteiger partial charge in [0, 0.05) is 17.3 Å². The first-order valence-corrected chi connectivity index (χ1v) is 4.76. The molecule has 0 saturated heterocycles. The summed E-state index contributed by atoms with van der Waals surface area (Å²) in [7, 11) is 1.55. The van der Waals surface area contributed by atoms with Gasteiger partial charge >= 0.3 is 0 Å². The van der Waals surface area contributed by atoms with Gasteiger partial charge < -0.3 is 10.5 Å². The summed E-state index contributed by atoms with van der Waals surface area (Å²) >= 11 is 0. The number of nitrogen functional groups attached to an aromatic ring is 1. The number of aromatic nitrogens is 1. The molecular formula is C12H11FN2O. The summed E-state index contributed by atoms with van der Waals surface area (Å²) in [5, 5.41) is 0. The van der Waals surface area contributed by atoms with Gasteiger partial charge in [-0.1, -0.05) is 12.1 Å². The van der Waals surface area contributed by atoms with Gasteiger partial charge in [0.1, 0.15) is 11.6 Å². The Morgan fingerprint density at radius 3 is 2.88 bits per heavy atom. The summed E-state index contributed by atoms with van der Waals surface area (Å²) in [6, 6.07) is 6.44. The maximum Gasteiger partial charge on any atom is 0.146 e. The molecule has 2 aromatic rings. The van der Waals surface area contributed by atoms with Gasteiger partial charge in [-0.3, -0.25) is 4.98 Å². The van der Waals surface area contributed by atoms with Crippen molar-refractivity contribution in [1.29, 1.82) is 0 Å². The third-order valence-electron chi connectivity index (χ3n) is 2.31. The molecule has 0 aliphatic rings. The summed E-state index contributed by atoms with van der Waals surface area (Å²) in [6.45, 7) is 0. The lowest BCUT2D eigenvalue weighted by molar-refractivity contribution is 0.413. The third kappa shape index (κ3) is 1.82. The largest absolute Gasteiger partial charge is 0.495 e. The Hall–Kier alpha value is -2.10. The lowest BCUT2D eigenvalue weighted by Crippen LogP contribution is -1.95. The smallest absolute Gasteiger partial charge is 0.146 e. The van der Waals surface area contributed by atoms with Crippen LogP contribution >= 0.6 is 0 Å². The van der Waals surface area contributed by atoms with Gasteiger partial charge in [0.15, 0.2) is 0 Å². The maximum absolute atomic E-state index is 13.3. The fourth-order valence-electron chi connectivity index (χ4n) is 1.47. The Labute approximate surface area is 92.7 Å². The van der Waals surface area contributed by atoms with Crippen molar-refractivity contribution in [3.05, 3.63) is 42.5 Å². The molecular weight excluding hydrogens is 207 g/mol. The van der Waals surface area contributed by atoms with Crippen LogP contribution < -0.4 is 10.5 Å². The monoisotopic (exact) mass is 218 g/mol. The number of halogens is 1. The molecule has 0 amide bonds. The Balaban J connectivity index is 2.54. The molecule has 0 radical (unpaired) electrons. The van der Waals surface area contributed by atoms with Crippen LogP contribution in [0.15, 0.2) is 36.7 Å². The first-order valence-electron chi connectivity index (χ1n) is 4.76. The van der Waals surface area contributed by atoms with E-state index in [0.717, 1.165) is 5.56 Å². The summed E-state index contributed by atoms with van der Waals surface area (Å²) in [4.78, 5) is 4.00. The zero-order chi connectivity index (χ0) is 11.5. The standard InChI is InChI=1S/C12H11FN2O/c1-16-9-5-8(6-15-7-9)10-3-2-4-11(13)12(10)14/h2-7H,14H2,1H3. The number of pyridine rings is 1. The average molecular weight is 218 g/mol. The van der Waals surface area contributed by atoms with E-state index in [9.17, 15) is 4.39 Å². The second kappa shape index (κ2) is 4.18. The van der Waals surface area contributed by atoms with Crippen molar-refractivity contribution in [3.63, 3.8) is 0 Å². The molecule has 3 nitrogen and oxygen atoms in total. The van der Waals surface area contributed by atoms with Crippen LogP contribution in [0, 0.1) is 5.82 Å². The first kappa shape index (κ1) is 10.4. The van der Waals surface area contributed by atoms with E-state index in [1.165, 1.54) is 6.07 Å². The second-order valence-electron chi connectivity index (χ2n) is 3.31. The van der Waals surface area contributed by atoms with Crippen LogP contribution in [0.25, 0.3) is 11.1 Å². The molecule has 2 N–H and O–H groups in total. The highest BCUT2D eigenvalue weighted by Gasteiger charge is 2.07. The highest BCUT2D eigenvalue weighted by molar-refractivity contribution is 5.76. The molecule has 82 valence electrons. The predicted molar refractivity (Wildman–Crippen MR) is 60.6 cm³/mol. The summed E-state index contributed by atoms with van der Waals surface area (Å²) in [6.07, 6.45) is 3.20. The number of hydrogen-bond acceptors (Lipinski definition) is 3.